The Morgan fingerprint density at radius 2 is 2.07 bits per heavy atom. The fraction of sp³-hybridized carbons (Fsp3) is 0.286. The van der Waals surface area contributed by atoms with Gasteiger partial charge in [0.15, 0.2) is 5.38 Å². The molecular weight excluding hydrogens is 300 g/mol. The number of nitrogens with zero attached hydrogens (tertiary/aromatic N) is 2. The van der Waals surface area contributed by atoms with E-state index in [0.29, 0.717) is 11.5 Å². The van der Waals surface area contributed by atoms with Gasteiger partial charge in [-0.3, -0.25) is 0 Å². The fourth-order valence-electron chi connectivity index (χ4n) is 0.830. The van der Waals surface area contributed by atoms with Gasteiger partial charge < -0.3 is 35.1 Å². The molecular formula is C7H7Cl3N2OZn. The first-order chi connectivity index (χ1) is 5.29. The molecule has 0 aliphatic heterocycles. The van der Waals surface area contributed by atoms with Crippen LogP contribution >= 0.6 is 11.6 Å². The molecule has 74 valence electrons. The van der Waals surface area contributed by atoms with Crippen molar-refractivity contribution in [3.8, 4) is 0 Å². The molecule has 0 amide bonds. The maximum Gasteiger partial charge on any atom is 2.00 e. The third kappa shape index (κ3) is 4.59. The maximum absolute atomic E-state index is 8.51. The predicted octanol–water partition coefficient (Wildman–Crippen LogP) is -4.63. The molecule has 0 spiro atoms. The molecule has 0 N–H and O–H groups in total. The number of rotatable bonds is 1. The van der Waals surface area contributed by atoms with Crippen LogP contribution < -0.4 is 24.8 Å². The van der Waals surface area contributed by atoms with Crippen molar-refractivity contribution >= 4 is 17.3 Å². The van der Waals surface area contributed by atoms with Gasteiger partial charge >= 0.3 is 25.2 Å². The van der Waals surface area contributed by atoms with Crippen LogP contribution in [-0.4, -0.2) is 23.0 Å². The zero-order valence-corrected chi connectivity index (χ0v) is 12.7. The van der Waals surface area contributed by atoms with Gasteiger partial charge in [-0.2, -0.15) is 4.79 Å². The second-order valence-corrected chi connectivity index (χ2v) is 2.48. The average molecular weight is 307 g/mol. The minimum atomic E-state index is -0.403. The Labute approximate surface area is 113 Å². The average Bonchev–Trinajstić information content (AvgIpc) is 2.04. The van der Waals surface area contributed by atoms with Gasteiger partial charge in [0.25, 0.3) is 0 Å². The second kappa shape index (κ2) is 9.70. The van der Waals surface area contributed by atoms with Crippen LogP contribution in [0.5, 0.6) is 0 Å². The van der Waals surface area contributed by atoms with Crippen molar-refractivity contribution in [3.05, 3.63) is 29.5 Å². The van der Waals surface area contributed by atoms with E-state index in [-0.39, 0.29) is 44.3 Å². The molecule has 1 aliphatic rings. The standard InChI is InChI=1S/C7H7ClN2O.2ClH.Zn/c1-11-6-4-2-3-5(8)7(6)10-9;;;/h2-5H,1H3;2*1H;/q;;;+2/p-2. The molecule has 0 aromatic heterocycles. The summed E-state index contributed by atoms with van der Waals surface area (Å²) < 4.78 is 4.90. The number of methoxy groups -OCH3 is 1. The Balaban J connectivity index is -0.000000403. The summed E-state index contributed by atoms with van der Waals surface area (Å²) in [4.78, 5) is 3.02. The number of ether oxygens (including phenoxy) is 1. The largest absolute Gasteiger partial charge is 2.00 e. The van der Waals surface area contributed by atoms with Crippen molar-refractivity contribution in [2.75, 3.05) is 7.11 Å². The van der Waals surface area contributed by atoms with Crippen LogP contribution in [0.3, 0.4) is 0 Å². The zero-order chi connectivity index (χ0) is 8.27. The molecule has 3 nitrogen and oxygen atoms in total. The van der Waals surface area contributed by atoms with E-state index in [1.54, 1.807) is 18.2 Å². The van der Waals surface area contributed by atoms with Crippen LogP contribution in [-0.2, 0) is 24.2 Å². The minimum absolute atomic E-state index is 0. The Morgan fingerprint density at radius 3 is 2.43 bits per heavy atom. The van der Waals surface area contributed by atoms with Crippen molar-refractivity contribution in [1.82, 2.24) is 0 Å². The van der Waals surface area contributed by atoms with Crippen LogP contribution in [0.15, 0.2) is 24.0 Å². The third-order valence-corrected chi connectivity index (χ3v) is 1.72. The van der Waals surface area contributed by atoms with Crippen molar-refractivity contribution in [1.29, 1.82) is 0 Å². The summed E-state index contributed by atoms with van der Waals surface area (Å²) in [6, 6.07) is 0. The smallest absolute Gasteiger partial charge is 1.00 e. The predicted molar refractivity (Wildman–Crippen MR) is 42.5 cm³/mol. The molecule has 1 aliphatic carbocycles. The summed E-state index contributed by atoms with van der Waals surface area (Å²) in [5.41, 5.74) is 8.86. The maximum atomic E-state index is 8.51. The van der Waals surface area contributed by atoms with Crippen LogP contribution in [0.1, 0.15) is 0 Å². The summed E-state index contributed by atoms with van der Waals surface area (Å²) in [5.74, 6) is 0.495. The van der Waals surface area contributed by atoms with Gasteiger partial charge in [-0.05, 0) is 6.08 Å². The first-order valence-corrected chi connectivity index (χ1v) is 3.52. The molecule has 1 atom stereocenters. The molecule has 0 saturated heterocycles. The van der Waals surface area contributed by atoms with Crippen molar-refractivity contribution in [3.63, 3.8) is 0 Å². The molecule has 7 heteroatoms. The van der Waals surface area contributed by atoms with Crippen molar-refractivity contribution in [2.45, 2.75) is 5.38 Å². The molecule has 0 heterocycles. The summed E-state index contributed by atoms with van der Waals surface area (Å²) >= 11 is 5.76. The fourth-order valence-corrected chi connectivity index (χ4v) is 1.07. The van der Waals surface area contributed by atoms with Crippen molar-refractivity contribution in [2.24, 2.45) is 0 Å². The SMILES string of the molecule is COC1=CC=CC(Cl)C1=[N+]=[N-].[Cl-].[Cl-].[Zn+2]. The minimum Gasteiger partial charge on any atom is -1.00 e. The number of hydrogen-bond donors (Lipinski definition) is 0. The molecule has 0 saturated carbocycles. The number of alkyl halides is 1. The van der Waals surface area contributed by atoms with E-state index in [4.69, 9.17) is 21.9 Å². The monoisotopic (exact) mass is 304 g/mol. The van der Waals surface area contributed by atoms with E-state index >= 15 is 0 Å². The number of hydrogen-bond acceptors (Lipinski definition) is 1. The summed E-state index contributed by atoms with van der Waals surface area (Å²) in [6.07, 6.45) is 5.15. The van der Waals surface area contributed by atoms with E-state index < -0.39 is 5.38 Å². The molecule has 14 heavy (non-hydrogen) atoms. The molecule has 0 fully saturated rings. The first-order valence-electron chi connectivity index (χ1n) is 3.08. The van der Waals surface area contributed by atoms with Gasteiger partial charge in [0.2, 0.25) is 5.76 Å². The molecule has 0 aromatic carbocycles. The molecule has 0 aromatic rings. The van der Waals surface area contributed by atoms with Gasteiger partial charge in [0, 0.05) is 0 Å². The van der Waals surface area contributed by atoms with E-state index in [2.05, 4.69) is 4.79 Å². The van der Waals surface area contributed by atoms with Gasteiger partial charge in [-0.25, -0.2) is 0 Å². The third-order valence-electron chi connectivity index (χ3n) is 1.37. The first kappa shape index (κ1) is 19.7. The topological polar surface area (TPSA) is 45.6 Å². The number of halogens is 3. The zero-order valence-electron chi connectivity index (χ0n) is 7.45. The number of allylic oxidation sites excluding steroid dienone is 4. The Kier molecular flexibility index (Phi) is 13.6. The van der Waals surface area contributed by atoms with Crippen molar-refractivity contribution < 1.29 is 53.8 Å². The Bertz CT molecular complexity index is 274. The summed E-state index contributed by atoms with van der Waals surface area (Å²) in [5, 5.41) is -0.403. The van der Waals surface area contributed by atoms with Crippen LogP contribution in [0.2, 0.25) is 0 Å². The van der Waals surface area contributed by atoms with Gasteiger partial charge in [-0.1, -0.05) is 12.2 Å². The molecule has 1 rings (SSSR count). The summed E-state index contributed by atoms with van der Waals surface area (Å²) in [7, 11) is 1.50. The molecule has 0 radical (unpaired) electrons. The van der Waals surface area contributed by atoms with E-state index in [0.717, 1.165) is 0 Å². The van der Waals surface area contributed by atoms with E-state index in [1.165, 1.54) is 7.11 Å². The van der Waals surface area contributed by atoms with Crippen LogP contribution in [0, 0.1) is 0 Å². The van der Waals surface area contributed by atoms with Crippen LogP contribution in [0.4, 0.5) is 0 Å². The normalized spacial score (nSPS) is 17.7. The molecule has 0 bridgehead atoms. The Hall–Kier alpha value is 0.153. The van der Waals surface area contributed by atoms with Crippen LogP contribution in [0.25, 0.3) is 5.53 Å². The summed E-state index contributed by atoms with van der Waals surface area (Å²) in [6.45, 7) is 0. The van der Waals surface area contributed by atoms with E-state index in [1.807, 2.05) is 0 Å². The second-order valence-electron chi connectivity index (χ2n) is 2.01. The quantitative estimate of drug-likeness (QED) is 0.208. The molecule has 1 unspecified atom stereocenters. The van der Waals surface area contributed by atoms with Gasteiger partial charge in [-0.15, -0.1) is 11.6 Å². The van der Waals surface area contributed by atoms with E-state index in [9.17, 15) is 0 Å². The Morgan fingerprint density at radius 1 is 1.50 bits per heavy atom. The van der Waals surface area contributed by atoms with Gasteiger partial charge in [0.05, 0.1) is 7.11 Å². The van der Waals surface area contributed by atoms with Gasteiger partial charge in [0.1, 0.15) is 0 Å².